The number of methoxy groups -OCH3 is 1. The summed E-state index contributed by atoms with van der Waals surface area (Å²) in [7, 11) is 1.69. The molecule has 0 radical (unpaired) electrons. The molecule has 0 saturated carbocycles. The first-order valence-corrected chi connectivity index (χ1v) is 6.81. The van der Waals surface area contributed by atoms with Gasteiger partial charge in [0, 0.05) is 19.2 Å². The van der Waals surface area contributed by atoms with E-state index in [1.165, 1.54) is 24.8 Å². The molecular weight excluding hydrogens is 226 g/mol. The summed E-state index contributed by atoms with van der Waals surface area (Å²) in [5.41, 5.74) is 1.32. The van der Waals surface area contributed by atoms with Gasteiger partial charge in [-0.05, 0) is 43.5 Å². The minimum absolute atomic E-state index is 0.295. The van der Waals surface area contributed by atoms with Crippen molar-refractivity contribution in [2.75, 3.05) is 20.3 Å². The van der Waals surface area contributed by atoms with Crippen LogP contribution in [0.15, 0.2) is 24.3 Å². The molecule has 1 heterocycles. The van der Waals surface area contributed by atoms with E-state index < -0.39 is 0 Å². The van der Waals surface area contributed by atoms with Crippen molar-refractivity contribution in [2.24, 2.45) is 0 Å². The molecule has 1 aliphatic rings. The molecule has 0 aromatic heterocycles. The van der Waals surface area contributed by atoms with Crippen LogP contribution in [0.3, 0.4) is 0 Å². The summed E-state index contributed by atoms with van der Waals surface area (Å²) in [6.07, 6.45) is 4.69. The lowest BCUT2D eigenvalue weighted by atomic mass is 9.99. The monoisotopic (exact) mass is 249 g/mol. The Hall–Kier alpha value is -1.06. The van der Waals surface area contributed by atoms with Gasteiger partial charge in [-0.2, -0.15) is 0 Å². The molecular formula is C15H23NO2. The fraction of sp³-hybridized carbons (Fsp3) is 0.600. The SMILES string of the molecule is COc1ccc(CN2CCCCC2CCO)cc1. The molecule has 3 heteroatoms. The van der Waals surface area contributed by atoms with E-state index in [-0.39, 0.29) is 0 Å². The number of ether oxygens (including phenoxy) is 1. The topological polar surface area (TPSA) is 32.7 Å². The first-order chi connectivity index (χ1) is 8.83. The van der Waals surface area contributed by atoms with E-state index in [0.717, 1.165) is 25.3 Å². The number of aliphatic hydroxyl groups is 1. The number of hydrogen-bond acceptors (Lipinski definition) is 3. The molecule has 0 aliphatic carbocycles. The maximum atomic E-state index is 9.13. The van der Waals surface area contributed by atoms with Gasteiger partial charge in [0.05, 0.1) is 7.11 Å². The van der Waals surface area contributed by atoms with Crippen LogP contribution in [0.4, 0.5) is 0 Å². The normalized spacial score (nSPS) is 20.9. The second-order valence-electron chi connectivity index (χ2n) is 4.98. The number of benzene rings is 1. The Bertz CT molecular complexity index is 348. The summed E-state index contributed by atoms with van der Waals surface area (Å²) in [6, 6.07) is 8.83. The van der Waals surface area contributed by atoms with Crippen molar-refractivity contribution >= 4 is 0 Å². The van der Waals surface area contributed by atoms with Gasteiger partial charge in [0.15, 0.2) is 0 Å². The van der Waals surface area contributed by atoms with Gasteiger partial charge in [-0.1, -0.05) is 18.6 Å². The number of nitrogens with zero attached hydrogens (tertiary/aromatic N) is 1. The number of piperidine rings is 1. The highest BCUT2D eigenvalue weighted by molar-refractivity contribution is 5.27. The number of hydrogen-bond donors (Lipinski definition) is 1. The van der Waals surface area contributed by atoms with Crippen molar-refractivity contribution in [3.63, 3.8) is 0 Å². The third-order valence-electron chi connectivity index (χ3n) is 3.76. The lowest BCUT2D eigenvalue weighted by Crippen LogP contribution is -2.39. The molecule has 1 fully saturated rings. The third kappa shape index (κ3) is 3.47. The zero-order valence-corrected chi connectivity index (χ0v) is 11.1. The van der Waals surface area contributed by atoms with Crippen LogP contribution in [0, 0.1) is 0 Å². The quantitative estimate of drug-likeness (QED) is 0.870. The van der Waals surface area contributed by atoms with Gasteiger partial charge < -0.3 is 9.84 Å². The molecule has 1 saturated heterocycles. The maximum Gasteiger partial charge on any atom is 0.118 e. The van der Waals surface area contributed by atoms with Crippen LogP contribution >= 0.6 is 0 Å². The van der Waals surface area contributed by atoms with E-state index in [1.54, 1.807) is 7.11 Å². The zero-order valence-electron chi connectivity index (χ0n) is 11.1. The molecule has 2 rings (SSSR count). The highest BCUT2D eigenvalue weighted by atomic mass is 16.5. The van der Waals surface area contributed by atoms with Gasteiger partial charge in [0.2, 0.25) is 0 Å². The molecule has 1 aliphatic heterocycles. The number of likely N-dealkylation sites (tertiary alicyclic amines) is 1. The Balaban J connectivity index is 1.96. The third-order valence-corrected chi connectivity index (χ3v) is 3.76. The van der Waals surface area contributed by atoms with Gasteiger partial charge in [0.1, 0.15) is 5.75 Å². The van der Waals surface area contributed by atoms with Gasteiger partial charge in [-0.3, -0.25) is 4.90 Å². The van der Waals surface area contributed by atoms with Gasteiger partial charge in [-0.15, -0.1) is 0 Å². The van der Waals surface area contributed by atoms with Crippen molar-refractivity contribution in [1.29, 1.82) is 0 Å². The Morgan fingerprint density at radius 2 is 2.06 bits per heavy atom. The van der Waals surface area contributed by atoms with Crippen molar-refractivity contribution in [2.45, 2.75) is 38.3 Å². The van der Waals surface area contributed by atoms with Gasteiger partial charge in [0.25, 0.3) is 0 Å². The largest absolute Gasteiger partial charge is 0.497 e. The van der Waals surface area contributed by atoms with E-state index in [9.17, 15) is 0 Å². The predicted molar refractivity (Wildman–Crippen MR) is 72.7 cm³/mol. The first-order valence-electron chi connectivity index (χ1n) is 6.81. The highest BCUT2D eigenvalue weighted by Gasteiger charge is 2.21. The fourth-order valence-electron chi connectivity index (χ4n) is 2.71. The summed E-state index contributed by atoms with van der Waals surface area (Å²) in [5, 5.41) is 9.13. The van der Waals surface area contributed by atoms with Crippen molar-refractivity contribution in [3.05, 3.63) is 29.8 Å². The van der Waals surface area contributed by atoms with Gasteiger partial charge >= 0.3 is 0 Å². The Labute approximate surface area is 109 Å². The van der Waals surface area contributed by atoms with E-state index in [2.05, 4.69) is 17.0 Å². The average Bonchev–Trinajstić information content (AvgIpc) is 2.42. The van der Waals surface area contributed by atoms with Crippen LogP contribution in [-0.4, -0.2) is 36.3 Å². The van der Waals surface area contributed by atoms with Crippen LogP contribution < -0.4 is 4.74 Å². The Morgan fingerprint density at radius 1 is 1.28 bits per heavy atom. The standard InChI is InChI=1S/C15H23NO2/c1-18-15-7-5-13(6-8-15)12-16-10-3-2-4-14(16)9-11-17/h5-8,14,17H,2-4,9-12H2,1H3. The molecule has 0 bridgehead atoms. The smallest absolute Gasteiger partial charge is 0.118 e. The Kier molecular flexibility index (Phi) is 5.02. The minimum Gasteiger partial charge on any atom is -0.497 e. The molecule has 1 atom stereocenters. The molecule has 1 unspecified atom stereocenters. The first kappa shape index (κ1) is 13.4. The van der Waals surface area contributed by atoms with Gasteiger partial charge in [-0.25, -0.2) is 0 Å². The van der Waals surface area contributed by atoms with Crippen molar-refractivity contribution in [3.8, 4) is 5.75 Å². The summed E-state index contributed by atoms with van der Waals surface area (Å²) in [6.45, 7) is 2.43. The molecule has 100 valence electrons. The second-order valence-corrected chi connectivity index (χ2v) is 4.98. The molecule has 1 N–H and O–H groups in total. The summed E-state index contributed by atoms with van der Waals surface area (Å²) in [4.78, 5) is 2.50. The lowest BCUT2D eigenvalue weighted by Gasteiger charge is -2.35. The average molecular weight is 249 g/mol. The molecule has 3 nitrogen and oxygen atoms in total. The second kappa shape index (κ2) is 6.76. The van der Waals surface area contributed by atoms with E-state index in [1.807, 2.05) is 12.1 Å². The van der Waals surface area contributed by atoms with Crippen LogP contribution in [0.5, 0.6) is 5.75 Å². The molecule has 0 amide bonds. The summed E-state index contributed by atoms with van der Waals surface area (Å²) in [5.74, 6) is 0.907. The molecule has 18 heavy (non-hydrogen) atoms. The fourth-order valence-corrected chi connectivity index (χ4v) is 2.71. The summed E-state index contributed by atoms with van der Waals surface area (Å²) < 4.78 is 5.17. The molecule has 0 spiro atoms. The van der Waals surface area contributed by atoms with E-state index in [4.69, 9.17) is 9.84 Å². The Morgan fingerprint density at radius 3 is 2.72 bits per heavy atom. The van der Waals surface area contributed by atoms with Crippen LogP contribution in [0.25, 0.3) is 0 Å². The number of rotatable bonds is 5. The highest BCUT2D eigenvalue weighted by Crippen LogP contribution is 2.22. The minimum atomic E-state index is 0.295. The van der Waals surface area contributed by atoms with E-state index >= 15 is 0 Å². The zero-order chi connectivity index (χ0) is 12.8. The van der Waals surface area contributed by atoms with E-state index in [0.29, 0.717) is 12.6 Å². The molecule has 1 aromatic carbocycles. The predicted octanol–water partition coefficient (Wildman–Crippen LogP) is 2.43. The summed E-state index contributed by atoms with van der Waals surface area (Å²) >= 11 is 0. The van der Waals surface area contributed by atoms with Crippen LogP contribution in [-0.2, 0) is 6.54 Å². The number of aliphatic hydroxyl groups excluding tert-OH is 1. The van der Waals surface area contributed by atoms with Crippen molar-refractivity contribution < 1.29 is 9.84 Å². The lowest BCUT2D eigenvalue weighted by molar-refractivity contribution is 0.112. The van der Waals surface area contributed by atoms with Crippen molar-refractivity contribution in [1.82, 2.24) is 4.90 Å². The molecule has 1 aromatic rings. The maximum absolute atomic E-state index is 9.13. The van der Waals surface area contributed by atoms with Crippen LogP contribution in [0.2, 0.25) is 0 Å². The van der Waals surface area contributed by atoms with Crippen LogP contribution in [0.1, 0.15) is 31.2 Å².